The predicted octanol–water partition coefficient (Wildman–Crippen LogP) is 8.22. The maximum absolute atomic E-state index is 13.6. The summed E-state index contributed by atoms with van der Waals surface area (Å²) in [7, 11) is 0. The van der Waals surface area contributed by atoms with Crippen LogP contribution in [0.4, 0.5) is 13.2 Å². The number of ketones is 1. The van der Waals surface area contributed by atoms with Crippen LogP contribution < -0.4 is 14.2 Å². The molecule has 0 unspecified atom stereocenters. The molecule has 5 aromatic rings. The molecule has 222 valence electrons. The Kier molecular flexibility index (Phi) is 8.61. The number of rotatable bonds is 10. The molecule has 0 atom stereocenters. The van der Waals surface area contributed by atoms with Gasteiger partial charge in [-0.3, -0.25) is 9.78 Å². The van der Waals surface area contributed by atoms with Gasteiger partial charge in [-0.1, -0.05) is 42.5 Å². The normalized spacial score (nSPS) is 11.7. The van der Waals surface area contributed by atoms with Gasteiger partial charge in [0.05, 0.1) is 11.1 Å². The molecule has 44 heavy (non-hydrogen) atoms. The Morgan fingerprint density at radius 2 is 1.52 bits per heavy atom. The van der Waals surface area contributed by atoms with Gasteiger partial charge in [-0.15, -0.1) is 13.2 Å². The number of halogens is 3. The summed E-state index contributed by atoms with van der Waals surface area (Å²) in [5.41, 5.74) is 2.42. The summed E-state index contributed by atoms with van der Waals surface area (Å²) in [5, 5.41) is 9.64. The van der Waals surface area contributed by atoms with Crippen molar-refractivity contribution in [1.82, 2.24) is 4.98 Å². The molecule has 0 amide bonds. The number of carbonyl (C=O) groups is 2. The lowest BCUT2D eigenvalue weighted by Gasteiger charge is -2.15. The van der Waals surface area contributed by atoms with Crippen LogP contribution in [0.2, 0.25) is 0 Å². The fourth-order valence-electron chi connectivity index (χ4n) is 4.28. The number of pyridine rings is 1. The molecule has 5 rings (SSSR count). The van der Waals surface area contributed by atoms with Gasteiger partial charge in [-0.05, 0) is 72.7 Å². The zero-order valence-corrected chi connectivity index (χ0v) is 23.2. The van der Waals surface area contributed by atoms with Crippen LogP contribution in [0.25, 0.3) is 17.0 Å². The fraction of sp³-hybridized carbons (Fsp3) is 0.0882. The van der Waals surface area contributed by atoms with Crippen LogP contribution in [0.15, 0.2) is 109 Å². The van der Waals surface area contributed by atoms with Gasteiger partial charge in [0.25, 0.3) is 0 Å². The first-order chi connectivity index (χ1) is 21.1. The van der Waals surface area contributed by atoms with Crippen molar-refractivity contribution in [2.75, 3.05) is 0 Å². The lowest BCUT2D eigenvalue weighted by atomic mass is 10.0. The largest absolute Gasteiger partial charge is 0.573 e. The number of alkyl halides is 3. The van der Waals surface area contributed by atoms with E-state index in [0.717, 1.165) is 17.7 Å². The van der Waals surface area contributed by atoms with Crippen molar-refractivity contribution < 1.29 is 42.1 Å². The molecule has 0 aliphatic rings. The number of nitrogens with zero attached hydrogens (tertiary/aromatic N) is 1. The minimum absolute atomic E-state index is 0.0747. The number of carbonyl (C=O) groups excluding carboxylic acids is 1. The number of fused-ring (bicyclic) bond motifs is 1. The highest BCUT2D eigenvalue weighted by Gasteiger charge is 2.31. The van der Waals surface area contributed by atoms with Crippen LogP contribution >= 0.6 is 0 Å². The average molecular weight is 600 g/mol. The first-order valence-corrected chi connectivity index (χ1v) is 13.3. The standard InChI is InChI=1S/C34H24F3NO6/c1-21(33(40)41)17-22-7-11-25(12-8-22)43-32-28-16-15-27(42-20-23-5-3-2-4-6-23)18-30(28)38-19-29(32)31(39)24-9-13-26(14-10-24)44-34(35,36)37/h2-19H,20H2,1H3,(H,40,41)/b21-17+. The third-order valence-electron chi connectivity index (χ3n) is 6.45. The van der Waals surface area contributed by atoms with E-state index in [1.807, 2.05) is 30.3 Å². The van der Waals surface area contributed by atoms with E-state index >= 15 is 0 Å². The summed E-state index contributed by atoms with van der Waals surface area (Å²) in [4.78, 5) is 29.2. The van der Waals surface area contributed by atoms with Gasteiger partial charge in [0.2, 0.25) is 0 Å². The molecule has 0 fully saturated rings. The van der Waals surface area contributed by atoms with Crippen LogP contribution in [0, 0.1) is 0 Å². The Labute approximate surface area is 249 Å². The summed E-state index contributed by atoms with van der Waals surface area (Å²) in [6.07, 6.45) is -2.02. The number of carboxylic acids is 1. The van der Waals surface area contributed by atoms with E-state index < -0.39 is 23.9 Å². The Morgan fingerprint density at radius 3 is 2.18 bits per heavy atom. The molecular weight excluding hydrogens is 575 g/mol. The molecule has 1 aromatic heterocycles. The van der Waals surface area contributed by atoms with E-state index in [1.165, 1.54) is 31.3 Å². The van der Waals surface area contributed by atoms with Crippen molar-refractivity contribution in [3.63, 3.8) is 0 Å². The van der Waals surface area contributed by atoms with Gasteiger partial charge in [0.15, 0.2) is 5.78 Å². The van der Waals surface area contributed by atoms with Gasteiger partial charge in [0, 0.05) is 28.8 Å². The Bertz CT molecular complexity index is 1830. The SMILES string of the molecule is C/C(=C\c1ccc(Oc2c(C(=O)c3ccc(OC(F)(F)F)cc3)cnc3cc(OCc4ccccc4)ccc23)cc1)C(=O)O. The Morgan fingerprint density at radius 1 is 0.864 bits per heavy atom. The molecule has 0 saturated carbocycles. The summed E-state index contributed by atoms with van der Waals surface area (Å²) < 4.78 is 53.9. The Balaban J connectivity index is 1.50. The maximum Gasteiger partial charge on any atom is 0.573 e. The number of benzene rings is 4. The van der Waals surface area contributed by atoms with Crippen molar-refractivity contribution in [2.45, 2.75) is 19.9 Å². The van der Waals surface area contributed by atoms with E-state index in [-0.39, 0.29) is 22.4 Å². The number of ether oxygens (including phenoxy) is 3. The van der Waals surface area contributed by atoms with Crippen LogP contribution in [0.3, 0.4) is 0 Å². The van der Waals surface area contributed by atoms with E-state index in [9.17, 15) is 22.8 Å². The molecule has 1 heterocycles. The highest BCUT2D eigenvalue weighted by Crippen LogP contribution is 2.36. The van der Waals surface area contributed by atoms with Gasteiger partial charge in [-0.25, -0.2) is 4.79 Å². The zero-order valence-electron chi connectivity index (χ0n) is 23.2. The lowest BCUT2D eigenvalue weighted by Crippen LogP contribution is -2.17. The molecule has 0 bridgehead atoms. The average Bonchev–Trinajstić information content (AvgIpc) is 3.00. The van der Waals surface area contributed by atoms with Crippen LogP contribution in [0.1, 0.15) is 34.0 Å². The summed E-state index contributed by atoms with van der Waals surface area (Å²) >= 11 is 0. The van der Waals surface area contributed by atoms with Crippen LogP contribution in [-0.4, -0.2) is 28.2 Å². The fourth-order valence-corrected chi connectivity index (χ4v) is 4.28. The molecular formula is C34H24F3NO6. The van der Waals surface area contributed by atoms with Crippen molar-refractivity contribution in [1.29, 1.82) is 0 Å². The molecule has 0 aliphatic heterocycles. The van der Waals surface area contributed by atoms with E-state index in [1.54, 1.807) is 42.5 Å². The summed E-state index contributed by atoms with van der Waals surface area (Å²) in [6, 6.07) is 25.9. The quantitative estimate of drug-likeness (QED) is 0.128. The summed E-state index contributed by atoms with van der Waals surface area (Å²) in [5.74, 6) is -0.956. The van der Waals surface area contributed by atoms with Crippen molar-refractivity contribution >= 4 is 28.7 Å². The van der Waals surface area contributed by atoms with Crippen LogP contribution in [-0.2, 0) is 11.4 Å². The van der Waals surface area contributed by atoms with E-state index in [2.05, 4.69) is 9.72 Å². The Hall–Kier alpha value is -5.64. The zero-order chi connectivity index (χ0) is 31.3. The predicted molar refractivity (Wildman–Crippen MR) is 157 cm³/mol. The third-order valence-corrected chi connectivity index (χ3v) is 6.45. The first kappa shape index (κ1) is 29.8. The molecule has 7 nitrogen and oxygen atoms in total. The molecule has 0 radical (unpaired) electrons. The topological polar surface area (TPSA) is 95.0 Å². The van der Waals surface area contributed by atoms with Crippen molar-refractivity contribution in [3.8, 4) is 23.0 Å². The minimum Gasteiger partial charge on any atom is -0.489 e. The molecule has 0 saturated heterocycles. The number of carboxylic acid groups (broad SMARTS) is 1. The first-order valence-electron chi connectivity index (χ1n) is 13.3. The van der Waals surface area contributed by atoms with Gasteiger partial charge < -0.3 is 19.3 Å². The number of hydrogen-bond acceptors (Lipinski definition) is 6. The molecule has 4 aromatic carbocycles. The van der Waals surface area contributed by atoms with Gasteiger partial charge in [-0.2, -0.15) is 0 Å². The monoisotopic (exact) mass is 599 g/mol. The number of hydrogen-bond donors (Lipinski definition) is 1. The highest BCUT2D eigenvalue weighted by molar-refractivity contribution is 6.13. The third kappa shape index (κ3) is 7.40. The highest BCUT2D eigenvalue weighted by atomic mass is 19.4. The molecule has 10 heteroatoms. The van der Waals surface area contributed by atoms with E-state index in [4.69, 9.17) is 14.6 Å². The van der Waals surface area contributed by atoms with E-state index in [0.29, 0.717) is 34.6 Å². The molecule has 1 N–H and O–H groups in total. The van der Waals surface area contributed by atoms with Crippen molar-refractivity contribution in [2.24, 2.45) is 0 Å². The maximum atomic E-state index is 13.6. The second-order valence-electron chi connectivity index (χ2n) is 9.66. The van der Waals surface area contributed by atoms with Gasteiger partial charge in [0.1, 0.15) is 29.6 Å². The molecule has 0 spiro atoms. The number of aromatic nitrogens is 1. The minimum atomic E-state index is -4.86. The summed E-state index contributed by atoms with van der Waals surface area (Å²) in [6.45, 7) is 1.82. The van der Waals surface area contributed by atoms with Crippen molar-refractivity contribution in [3.05, 3.63) is 131 Å². The molecule has 0 aliphatic carbocycles. The smallest absolute Gasteiger partial charge is 0.489 e. The second kappa shape index (κ2) is 12.7. The lowest BCUT2D eigenvalue weighted by molar-refractivity contribution is -0.274. The van der Waals surface area contributed by atoms with Crippen LogP contribution in [0.5, 0.6) is 23.0 Å². The second-order valence-corrected chi connectivity index (χ2v) is 9.66. The number of aliphatic carboxylic acids is 1. The van der Waals surface area contributed by atoms with Gasteiger partial charge >= 0.3 is 12.3 Å².